The Morgan fingerprint density at radius 2 is 1.97 bits per heavy atom. The molecule has 1 aliphatic heterocycles. The number of aromatic nitrogens is 2. The first-order chi connectivity index (χ1) is 14.1. The standard InChI is InChI=1S/C18H21F2N5O4S/c1-29-13-4-3-12(19)14(15(13)20)16(26)11-9-23-18(24-17(11)21)25(30(2,27)28)10-5-7-22-8-6-10/h3-4,9-10,22H,5-8H2,1-2H3,(H2,21,23,24). The van der Waals surface area contributed by atoms with Gasteiger partial charge in [-0.2, -0.15) is 4.98 Å². The van der Waals surface area contributed by atoms with Crippen molar-refractivity contribution in [3.8, 4) is 5.75 Å². The van der Waals surface area contributed by atoms with Gasteiger partial charge in [0.25, 0.3) is 0 Å². The third-order valence-electron chi connectivity index (χ3n) is 4.75. The van der Waals surface area contributed by atoms with Crippen LogP contribution in [-0.2, 0) is 10.0 Å². The number of nitrogen functional groups attached to an aromatic ring is 1. The molecule has 162 valence electrons. The maximum Gasteiger partial charge on any atom is 0.241 e. The molecule has 3 rings (SSSR count). The zero-order valence-electron chi connectivity index (χ0n) is 16.4. The quantitative estimate of drug-likeness (QED) is 0.638. The molecule has 0 bridgehead atoms. The summed E-state index contributed by atoms with van der Waals surface area (Å²) >= 11 is 0. The van der Waals surface area contributed by atoms with Crippen LogP contribution in [0.2, 0.25) is 0 Å². The summed E-state index contributed by atoms with van der Waals surface area (Å²) in [5.74, 6) is -4.28. The van der Waals surface area contributed by atoms with Gasteiger partial charge < -0.3 is 15.8 Å². The summed E-state index contributed by atoms with van der Waals surface area (Å²) < 4.78 is 59.1. The first-order valence-electron chi connectivity index (χ1n) is 9.04. The van der Waals surface area contributed by atoms with Gasteiger partial charge in [-0.25, -0.2) is 26.5 Å². The number of rotatable bonds is 6. The van der Waals surface area contributed by atoms with Crippen LogP contribution in [-0.4, -0.2) is 56.7 Å². The number of nitrogens with zero attached hydrogens (tertiary/aromatic N) is 3. The van der Waals surface area contributed by atoms with Gasteiger partial charge in [0.15, 0.2) is 11.6 Å². The van der Waals surface area contributed by atoms with Gasteiger partial charge in [0, 0.05) is 6.20 Å². The highest BCUT2D eigenvalue weighted by Gasteiger charge is 2.32. The van der Waals surface area contributed by atoms with Gasteiger partial charge >= 0.3 is 0 Å². The molecule has 2 heterocycles. The van der Waals surface area contributed by atoms with E-state index < -0.39 is 38.8 Å². The number of hydrogen-bond donors (Lipinski definition) is 2. The van der Waals surface area contributed by atoms with Gasteiger partial charge in [0.1, 0.15) is 11.6 Å². The number of ether oxygens (including phenoxy) is 1. The second-order valence-electron chi connectivity index (χ2n) is 6.78. The average Bonchev–Trinajstić information content (AvgIpc) is 2.68. The molecule has 0 spiro atoms. The van der Waals surface area contributed by atoms with E-state index in [4.69, 9.17) is 10.5 Å². The number of benzene rings is 1. The number of sulfonamides is 1. The summed E-state index contributed by atoms with van der Waals surface area (Å²) in [5.41, 5.74) is 4.64. The van der Waals surface area contributed by atoms with Crippen LogP contribution in [0.25, 0.3) is 0 Å². The number of nitrogens with one attached hydrogen (secondary N) is 1. The van der Waals surface area contributed by atoms with Crippen molar-refractivity contribution in [2.45, 2.75) is 18.9 Å². The minimum atomic E-state index is -3.74. The Morgan fingerprint density at radius 1 is 1.30 bits per heavy atom. The van der Waals surface area contributed by atoms with Crippen molar-refractivity contribution in [3.63, 3.8) is 0 Å². The van der Waals surface area contributed by atoms with E-state index in [2.05, 4.69) is 15.3 Å². The predicted octanol–water partition coefficient (Wildman–Crippen LogP) is 1.09. The number of piperidine rings is 1. The minimum Gasteiger partial charge on any atom is -0.494 e. The van der Waals surface area contributed by atoms with Crippen LogP contribution in [0.4, 0.5) is 20.5 Å². The maximum atomic E-state index is 14.4. The number of carbonyl (C=O) groups is 1. The lowest BCUT2D eigenvalue weighted by Crippen LogP contribution is -2.46. The minimum absolute atomic E-state index is 0.204. The first kappa shape index (κ1) is 21.8. The topological polar surface area (TPSA) is 128 Å². The molecular weight excluding hydrogens is 420 g/mol. The van der Waals surface area contributed by atoms with E-state index in [1.54, 1.807) is 0 Å². The van der Waals surface area contributed by atoms with E-state index in [1.165, 1.54) is 7.11 Å². The number of carbonyl (C=O) groups excluding carboxylic acids is 1. The monoisotopic (exact) mass is 441 g/mol. The Labute approximate surface area is 172 Å². The number of methoxy groups -OCH3 is 1. The van der Waals surface area contributed by atoms with Crippen molar-refractivity contribution < 1.29 is 26.7 Å². The lowest BCUT2D eigenvalue weighted by atomic mass is 10.0. The van der Waals surface area contributed by atoms with Crippen molar-refractivity contribution in [2.24, 2.45) is 0 Å². The smallest absolute Gasteiger partial charge is 0.241 e. The molecule has 30 heavy (non-hydrogen) atoms. The lowest BCUT2D eigenvalue weighted by Gasteiger charge is -2.32. The second-order valence-corrected chi connectivity index (χ2v) is 8.64. The number of hydrogen-bond acceptors (Lipinski definition) is 8. The molecule has 0 unspecified atom stereocenters. The summed E-state index contributed by atoms with van der Waals surface area (Å²) in [6.45, 7) is 1.24. The Balaban J connectivity index is 2.02. The predicted molar refractivity (Wildman–Crippen MR) is 106 cm³/mol. The first-order valence-corrected chi connectivity index (χ1v) is 10.9. The van der Waals surface area contributed by atoms with Gasteiger partial charge in [-0.3, -0.25) is 4.79 Å². The van der Waals surface area contributed by atoms with E-state index in [0.717, 1.165) is 28.9 Å². The zero-order valence-corrected chi connectivity index (χ0v) is 17.2. The number of ketones is 1. The number of nitrogens with two attached hydrogens (primary N) is 1. The van der Waals surface area contributed by atoms with Gasteiger partial charge in [-0.05, 0) is 38.1 Å². The highest BCUT2D eigenvalue weighted by Crippen LogP contribution is 2.28. The van der Waals surface area contributed by atoms with Gasteiger partial charge in [0.2, 0.25) is 21.8 Å². The molecule has 1 aromatic heterocycles. The van der Waals surface area contributed by atoms with Crippen LogP contribution in [0.15, 0.2) is 18.3 Å². The van der Waals surface area contributed by atoms with Crippen molar-refractivity contribution >= 4 is 27.6 Å². The van der Waals surface area contributed by atoms with Crippen LogP contribution >= 0.6 is 0 Å². The molecular formula is C18H21F2N5O4S. The third kappa shape index (κ3) is 4.19. The normalized spacial score (nSPS) is 15.1. The van der Waals surface area contributed by atoms with E-state index in [-0.39, 0.29) is 23.3 Å². The van der Waals surface area contributed by atoms with E-state index in [1.807, 2.05) is 0 Å². The second kappa shape index (κ2) is 8.48. The summed E-state index contributed by atoms with van der Waals surface area (Å²) in [4.78, 5) is 20.6. The van der Waals surface area contributed by atoms with Gasteiger partial charge in [-0.15, -0.1) is 0 Å². The fourth-order valence-corrected chi connectivity index (χ4v) is 4.46. The average molecular weight is 441 g/mol. The molecule has 1 saturated heterocycles. The van der Waals surface area contributed by atoms with Crippen molar-refractivity contribution in [1.82, 2.24) is 15.3 Å². The molecule has 1 aromatic carbocycles. The number of halogens is 2. The molecule has 0 radical (unpaired) electrons. The molecule has 1 aliphatic rings. The highest BCUT2D eigenvalue weighted by molar-refractivity contribution is 7.92. The van der Waals surface area contributed by atoms with Crippen LogP contribution in [0.1, 0.15) is 28.8 Å². The van der Waals surface area contributed by atoms with Crippen LogP contribution in [0, 0.1) is 11.6 Å². The molecule has 0 amide bonds. The largest absolute Gasteiger partial charge is 0.494 e. The fraction of sp³-hybridized carbons (Fsp3) is 0.389. The Hall–Kier alpha value is -2.86. The molecule has 9 nitrogen and oxygen atoms in total. The van der Waals surface area contributed by atoms with Crippen LogP contribution < -0.4 is 20.1 Å². The van der Waals surface area contributed by atoms with Crippen molar-refractivity contribution in [2.75, 3.05) is 36.5 Å². The van der Waals surface area contributed by atoms with Crippen molar-refractivity contribution in [1.29, 1.82) is 0 Å². The number of anilines is 2. The molecule has 1 fully saturated rings. The van der Waals surface area contributed by atoms with E-state index in [0.29, 0.717) is 25.9 Å². The summed E-state index contributed by atoms with van der Waals surface area (Å²) in [7, 11) is -2.56. The molecule has 2 aromatic rings. The summed E-state index contributed by atoms with van der Waals surface area (Å²) in [6, 6.07) is 1.56. The zero-order chi connectivity index (χ0) is 22.1. The SMILES string of the molecule is COc1ccc(F)c(C(=O)c2cnc(N(C3CCNCC3)S(C)(=O)=O)nc2N)c1F. The maximum absolute atomic E-state index is 14.4. The molecule has 3 N–H and O–H groups in total. The molecule has 12 heteroatoms. The van der Waals surface area contributed by atoms with E-state index in [9.17, 15) is 22.0 Å². The van der Waals surface area contributed by atoms with Gasteiger partial charge in [-0.1, -0.05) is 0 Å². The van der Waals surface area contributed by atoms with Gasteiger partial charge in [0.05, 0.1) is 30.5 Å². The van der Waals surface area contributed by atoms with E-state index >= 15 is 0 Å². The van der Waals surface area contributed by atoms with Crippen LogP contribution in [0.3, 0.4) is 0 Å². The summed E-state index contributed by atoms with van der Waals surface area (Å²) in [6.07, 6.45) is 3.07. The third-order valence-corrected chi connectivity index (χ3v) is 5.92. The molecule has 0 saturated carbocycles. The summed E-state index contributed by atoms with van der Waals surface area (Å²) in [5, 5.41) is 3.13. The highest BCUT2D eigenvalue weighted by atomic mass is 32.2. The lowest BCUT2D eigenvalue weighted by molar-refractivity contribution is 0.103. The van der Waals surface area contributed by atoms with Crippen LogP contribution in [0.5, 0.6) is 5.75 Å². The Kier molecular flexibility index (Phi) is 6.17. The van der Waals surface area contributed by atoms with Crippen molar-refractivity contribution in [3.05, 3.63) is 41.1 Å². The molecule has 0 aliphatic carbocycles. The fourth-order valence-electron chi connectivity index (χ4n) is 3.32. The molecule has 0 atom stereocenters. The Morgan fingerprint density at radius 3 is 2.53 bits per heavy atom. The Bertz CT molecular complexity index is 1070.